The SMILES string of the molecule is CCOCCNC(=O)c1ccc(-c2cc(=NC3CC3)n3ncc(=Cc4[nH]c(=O)[nH]c4O)c3n2)s1. The van der Waals surface area contributed by atoms with E-state index in [4.69, 9.17) is 14.7 Å². The van der Waals surface area contributed by atoms with Gasteiger partial charge in [0.25, 0.3) is 5.91 Å². The zero-order valence-electron chi connectivity index (χ0n) is 18.4. The lowest BCUT2D eigenvalue weighted by Gasteiger charge is -2.03. The molecule has 11 nitrogen and oxygen atoms in total. The number of rotatable bonds is 8. The molecule has 34 heavy (non-hydrogen) atoms. The molecule has 1 saturated carbocycles. The van der Waals surface area contributed by atoms with Crippen LogP contribution in [0, 0.1) is 0 Å². The fourth-order valence-electron chi connectivity index (χ4n) is 3.39. The van der Waals surface area contributed by atoms with Gasteiger partial charge in [-0.15, -0.1) is 11.3 Å². The van der Waals surface area contributed by atoms with Crippen LogP contribution in [0.4, 0.5) is 0 Å². The number of nitrogens with zero attached hydrogens (tertiary/aromatic N) is 4. The molecule has 0 bridgehead atoms. The molecule has 0 saturated heterocycles. The molecule has 0 unspecified atom stereocenters. The maximum atomic E-state index is 12.5. The number of aromatic amines is 2. The highest BCUT2D eigenvalue weighted by Gasteiger charge is 2.21. The van der Waals surface area contributed by atoms with Crippen molar-refractivity contribution in [3.05, 3.63) is 56.2 Å². The molecule has 0 spiro atoms. The summed E-state index contributed by atoms with van der Waals surface area (Å²) in [5.41, 5.74) is 1.56. The Labute approximate surface area is 196 Å². The molecule has 4 heterocycles. The highest BCUT2D eigenvalue weighted by Crippen LogP contribution is 2.27. The van der Waals surface area contributed by atoms with Gasteiger partial charge in [0.15, 0.2) is 11.1 Å². The average molecular weight is 482 g/mol. The van der Waals surface area contributed by atoms with E-state index in [0.717, 1.165) is 17.7 Å². The number of carbonyl (C=O) groups excluding carboxylic acids is 1. The van der Waals surface area contributed by atoms with Crippen molar-refractivity contribution in [3.63, 3.8) is 0 Å². The topological polar surface area (TPSA) is 150 Å². The molecule has 4 N–H and O–H groups in total. The molecular weight excluding hydrogens is 458 g/mol. The molecule has 5 rings (SSSR count). The van der Waals surface area contributed by atoms with Gasteiger partial charge in [0, 0.05) is 24.4 Å². The normalized spacial score (nSPS) is 14.9. The lowest BCUT2D eigenvalue weighted by Crippen LogP contribution is -2.26. The second-order valence-electron chi connectivity index (χ2n) is 7.80. The van der Waals surface area contributed by atoms with E-state index in [2.05, 4.69) is 20.4 Å². The maximum Gasteiger partial charge on any atom is 0.326 e. The van der Waals surface area contributed by atoms with Crippen LogP contribution >= 0.6 is 11.3 Å². The summed E-state index contributed by atoms with van der Waals surface area (Å²) in [6.45, 7) is 3.42. The van der Waals surface area contributed by atoms with E-state index in [0.29, 0.717) is 46.7 Å². The van der Waals surface area contributed by atoms with Gasteiger partial charge >= 0.3 is 5.69 Å². The Hall–Kier alpha value is -3.77. The summed E-state index contributed by atoms with van der Waals surface area (Å²) in [6, 6.07) is 5.75. The van der Waals surface area contributed by atoms with E-state index in [-0.39, 0.29) is 23.5 Å². The Morgan fingerprint density at radius 3 is 3.00 bits per heavy atom. The van der Waals surface area contributed by atoms with Gasteiger partial charge in [-0.1, -0.05) is 0 Å². The minimum Gasteiger partial charge on any atom is -0.493 e. The molecular formula is C22H23N7O4S. The van der Waals surface area contributed by atoms with Crippen molar-refractivity contribution in [2.75, 3.05) is 19.8 Å². The molecule has 1 aliphatic carbocycles. The Balaban J connectivity index is 1.55. The Morgan fingerprint density at radius 2 is 2.26 bits per heavy atom. The third-order valence-corrected chi connectivity index (χ3v) is 6.30. The predicted molar refractivity (Wildman–Crippen MR) is 126 cm³/mol. The van der Waals surface area contributed by atoms with Crippen LogP contribution in [0.3, 0.4) is 0 Å². The van der Waals surface area contributed by atoms with Gasteiger partial charge in [-0.3, -0.25) is 14.8 Å². The Morgan fingerprint density at radius 1 is 1.41 bits per heavy atom. The summed E-state index contributed by atoms with van der Waals surface area (Å²) in [7, 11) is 0. The third kappa shape index (κ3) is 4.63. The summed E-state index contributed by atoms with van der Waals surface area (Å²) in [5, 5.41) is 17.8. The van der Waals surface area contributed by atoms with E-state index in [9.17, 15) is 14.7 Å². The first-order valence-electron chi connectivity index (χ1n) is 10.9. The lowest BCUT2D eigenvalue weighted by atomic mass is 10.3. The number of hydrogen-bond donors (Lipinski definition) is 4. The summed E-state index contributed by atoms with van der Waals surface area (Å²) in [4.78, 5) is 39.7. The van der Waals surface area contributed by atoms with Crippen LogP contribution in [-0.4, -0.2) is 61.4 Å². The van der Waals surface area contributed by atoms with Crippen molar-refractivity contribution >= 4 is 29.0 Å². The van der Waals surface area contributed by atoms with E-state index >= 15 is 0 Å². The average Bonchev–Trinajstić information content (AvgIpc) is 3.19. The monoisotopic (exact) mass is 481 g/mol. The minimum absolute atomic E-state index is 0.162. The fourth-order valence-corrected chi connectivity index (χ4v) is 4.27. The van der Waals surface area contributed by atoms with E-state index < -0.39 is 5.69 Å². The van der Waals surface area contributed by atoms with Crippen molar-refractivity contribution in [3.8, 4) is 16.5 Å². The number of amides is 1. The van der Waals surface area contributed by atoms with Crippen LogP contribution in [-0.2, 0) is 4.74 Å². The third-order valence-electron chi connectivity index (χ3n) is 5.20. The van der Waals surface area contributed by atoms with Gasteiger partial charge in [0.1, 0.15) is 5.69 Å². The van der Waals surface area contributed by atoms with Gasteiger partial charge in [0.2, 0.25) is 5.88 Å². The summed E-state index contributed by atoms with van der Waals surface area (Å²) in [5.74, 6) is -0.424. The second-order valence-corrected chi connectivity index (χ2v) is 8.88. The predicted octanol–water partition coefficient (Wildman–Crippen LogP) is 0.557. The van der Waals surface area contributed by atoms with Crippen LogP contribution in [0.1, 0.15) is 35.1 Å². The maximum absolute atomic E-state index is 12.5. The number of thiophene rings is 1. The molecule has 1 aliphatic rings. The van der Waals surface area contributed by atoms with Crippen molar-refractivity contribution in [2.24, 2.45) is 4.99 Å². The number of fused-ring (bicyclic) bond motifs is 1. The molecule has 12 heteroatoms. The van der Waals surface area contributed by atoms with Crippen LogP contribution in [0.15, 0.2) is 34.2 Å². The summed E-state index contributed by atoms with van der Waals surface area (Å²) < 4.78 is 6.90. The zero-order chi connectivity index (χ0) is 23.7. The first kappa shape index (κ1) is 22.0. The molecule has 0 aliphatic heterocycles. The molecule has 0 radical (unpaired) electrons. The fraction of sp³-hybridized carbons (Fsp3) is 0.318. The molecule has 0 aromatic carbocycles. The van der Waals surface area contributed by atoms with Crippen molar-refractivity contribution in [2.45, 2.75) is 25.8 Å². The first-order chi connectivity index (χ1) is 16.5. The zero-order valence-corrected chi connectivity index (χ0v) is 19.2. The summed E-state index contributed by atoms with van der Waals surface area (Å²) in [6.07, 6.45) is 5.26. The molecule has 4 aromatic heterocycles. The van der Waals surface area contributed by atoms with Crippen molar-refractivity contribution in [1.29, 1.82) is 0 Å². The summed E-state index contributed by atoms with van der Waals surface area (Å²) >= 11 is 1.34. The first-order valence-corrected chi connectivity index (χ1v) is 11.7. The second kappa shape index (κ2) is 9.23. The van der Waals surface area contributed by atoms with Gasteiger partial charge in [0.05, 0.1) is 34.3 Å². The van der Waals surface area contributed by atoms with Crippen LogP contribution < -0.4 is 21.7 Å². The molecule has 1 fully saturated rings. The number of aromatic hydroxyl groups is 1. The molecule has 0 atom stereocenters. The number of nitrogens with one attached hydrogen (secondary N) is 3. The smallest absolute Gasteiger partial charge is 0.326 e. The highest BCUT2D eigenvalue weighted by atomic mass is 32.1. The largest absolute Gasteiger partial charge is 0.493 e. The van der Waals surface area contributed by atoms with Crippen LogP contribution in [0.25, 0.3) is 22.3 Å². The van der Waals surface area contributed by atoms with Gasteiger partial charge in [-0.2, -0.15) is 9.61 Å². The highest BCUT2D eigenvalue weighted by molar-refractivity contribution is 7.17. The minimum atomic E-state index is -0.510. The lowest BCUT2D eigenvalue weighted by molar-refractivity contribution is 0.0926. The Bertz CT molecular complexity index is 1530. The van der Waals surface area contributed by atoms with Crippen LogP contribution in [0.5, 0.6) is 5.88 Å². The van der Waals surface area contributed by atoms with Gasteiger partial charge < -0.3 is 20.1 Å². The number of carbonyl (C=O) groups is 1. The number of H-pyrrole nitrogens is 2. The molecule has 176 valence electrons. The van der Waals surface area contributed by atoms with Gasteiger partial charge in [-0.05, 0) is 38.0 Å². The number of aromatic nitrogens is 5. The van der Waals surface area contributed by atoms with Crippen molar-refractivity contribution < 1.29 is 14.6 Å². The standard InChI is InChI=1S/C22H23N7O4S/c1-2-33-8-7-23-21(31)17-6-5-16(34-17)14-10-18(25-13-3-4-13)29-19(26-14)12(11-24-29)9-15-20(30)28-22(32)27-15/h5-6,9-11,13,30H,2-4,7-8H2,1H3,(H,23,31)(H2,27,28,32). The van der Waals surface area contributed by atoms with E-state index in [1.54, 1.807) is 22.9 Å². The van der Waals surface area contributed by atoms with E-state index in [1.165, 1.54) is 11.3 Å². The Kier molecular flexibility index (Phi) is 5.99. The van der Waals surface area contributed by atoms with Gasteiger partial charge in [-0.25, -0.2) is 9.78 Å². The van der Waals surface area contributed by atoms with Crippen molar-refractivity contribution in [1.82, 2.24) is 29.9 Å². The number of ether oxygens (including phenoxy) is 1. The van der Waals surface area contributed by atoms with Crippen LogP contribution in [0.2, 0.25) is 0 Å². The molecule has 4 aromatic rings. The quantitative estimate of drug-likeness (QED) is 0.270. The molecule has 1 amide bonds. The number of imidazole rings is 1. The van der Waals surface area contributed by atoms with E-state index in [1.807, 2.05) is 19.1 Å². The number of hydrogen-bond acceptors (Lipinski definition) is 8.